The Labute approximate surface area is 138 Å². The van der Waals surface area contributed by atoms with Gasteiger partial charge in [0.15, 0.2) is 0 Å². The molecule has 24 heavy (non-hydrogen) atoms. The number of nitrogens with two attached hydrogens (primary N) is 1. The number of primary sulfonamides is 1. The highest BCUT2D eigenvalue weighted by Crippen LogP contribution is 2.26. The lowest BCUT2D eigenvalue weighted by Crippen LogP contribution is -2.14. The number of nitrogens with one attached hydrogen (secondary N) is 1. The first kappa shape index (κ1) is 16.3. The van der Waals surface area contributed by atoms with Crippen molar-refractivity contribution in [2.45, 2.75) is 17.9 Å². The summed E-state index contributed by atoms with van der Waals surface area (Å²) in [6.07, 6.45) is 1.34. The lowest BCUT2D eigenvalue weighted by Gasteiger charge is -2.17. The van der Waals surface area contributed by atoms with E-state index < -0.39 is 15.8 Å². The molecule has 3 N–H and O–H groups in total. The molecule has 0 unspecified atom stereocenters. The summed E-state index contributed by atoms with van der Waals surface area (Å²) >= 11 is 0. The second kappa shape index (κ2) is 6.14. The Morgan fingerprint density at radius 2 is 1.92 bits per heavy atom. The summed E-state index contributed by atoms with van der Waals surface area (Å²) in [6.45, 7) is 1.82. The number of fused-ring (bicyclic) bond motifs is 1. The smallest absolute Gasteiger partial charge is 0.238 e. The maximum Gasteiger partial charge on any atom is 0.238 e. The molecule has 2 aromatic carbocycles. The van der Waals surface area contributed by atoms with Gasteiger partial charge in [0, 0.05) is 0 Å². The van der Waals surface area contributed by atoms with E-state index in [2.05, 4.69) is 15.3 Å². The zero-order valence-electron chi connectivity index (χ0n) is 12.8. The minimum atomic E-state index is -3.79. The van der Waals surface area contributed by atoms with Crippen LogP contribution in [-0.4, -0.2) is 18.4 Å². The number of aromatic nitrogens is 2. The molecule has 6 nitrogen and oxygen atoms in total. The summed E-state index contributed by atoms with van der Waals surface area (Å²) in [7, 11) is -3.79. The van der Waals surface area contributed by atoms with Crippen LogP contribution in [0.4, 0.5) is 10.2 Å². The highest BCUT2D eigenvalue weighted by Gasteiger charge is 2.14. The topological polar surface area (TPSA) is 98.0 Å². The lowest BCUT2D eigenvalue weighted by atomic mass is 10.1. The van der Waals surface area contributed by atoms with E-state index in [0.717, 1.165) is 0 Å². The van der Waals surface area contributed by atoms with Gasteiger partial charge in [-0.15, -0.1) is 0 Å². The van der Waals surface area contributed by atoms with Crippen LogP contribution < -0.4 is 10.5 Å². The quantitative estimate of drug-likeness (QED) is 0.757. The highest BCUT2D eigenvalue weighted by atomic mass is 32.2. The van der Waals surface area contributed by atoms with Gasteiger partial charge >= 0.3 is 0 Å². The number of hydrogen-bond acceptors (Lipinski definition) is 5. The summed E-state index contributed by atoms with van der Waals surface area (Å²) < 4.78 is 37.0. The summed E-state index contributed by atoms with van der Waals surface area (Å²) in [6, 6.07) is 10.5. The number of rotatable bonds is 4. The van der Waals surface area contributed by atoms with E-state index in [1.54, 1.807) is 24.3 Å². The van der Waals surface area contributed by atoms with Crippen LogP contribution in [0.3, 0.4) is 0 Å². The van der Waals surface area contributed by atoms with Gasteiger partial charge in [0.25, 0.3) is 0 Å². The molecule has 0 saturated heterocycles. The zero-order chi connectivity index (χ0) is 17.3. The normalized spacial score (nSPS) is 13.0. The van der Waals surface area contributed by atoms with Crippen molar-refractivity contribution in [2.24, 2.45) is 5.14 Å². The van der Waals surface area contributed by atoms with E-state index in [0.29, 0.717) is 16.9 Å². The average Bonchev–Trinajstić information content (AvgIpc) is 2.54. The number of nitrogens with zero attached hydrogens (tertiary/aromatic N) is 2. The number of hydrogen-bond donors (Lipinski definition) is 2. The molecule has 0 radical (unpaired) electrons. The van der Waals surface area contributed by atoms with Crippen LogP contribution in [-0.2, 0) is 10.0 Å². The van der Waals surface area contributed by atoms with Crippen LogP contribution >= 0.6 is 0 Å². The minimum Gasteiger partial charge on any atom is -0.363 e. The zero-order valence-corrected chi connectivity index (χ0v) is 13.6. The van der Waals surface area contributed by atoms with E-state index in [-0.39, 0.29) is 16.3 Å². The van der Waals surface area contributed by atoms with Gasteiger partial charge in [0.05, 0.1) is 21.8 Å². The van der Waals surface area contributed by atoms with Gasteiger partial charge in [-0.3, -0.25) is 0 Å². The molecule has 0 saturated carbocycles. The Morgan fingerprint density at radius 1 is 1.17 bits per heavy atom. The fourth-order valence-corrected chi connectivity index (χ4v) is 3.00. The van der Waals surface area contributed by atoms with Crippen molar-refractivity contribution in [3.8, 4) is 0 Å². The molecule has 0 aliphatic rings. The molecule has 3 rings (SSSR count). The first-order chi connectivity index (χ1) is 11.4. The number of sulfonamides is 1. The van der Waals surface area contributed by atoms with Crippen molar-refractivity contribution < 1.29 is 12.8 Å². The number of benzene rings is 2. The molecule has 1 atom stereocenters. The van der Waals surface area contributed by atoms with Crippen molar-refractivity contribution in [1.82, 2.24) is 9.97 Å². The average molecular weight is 346 g/mol. The third kappa shape index (κ3) is 3.19. The first-order valence-electron chi connectivity index (χ1n) is 7.15. The Balaban J connectivity index is 1.98. The lowest BCUT2D eigenvalue weighted by molar-refractivity contribution is 0.597. The molecule has 0 bridgehead atoms. The molecule has 1 heterocycles. The molecule has 124 valence electrons. The summed E-state index contributed by atoms with van der Waals surface area (Å²) in [4.78, 5) is 8.16. The van der Waals surface area contributed by atoms with Crippen molar-refractivity contribution in [3.63, 3.8) is 0 Å². The highest BCUT2D eigenvalue weighted by molar-refractivity contribution is 7.89. The number of anilines is 1. The van der Waals surface area contributed by atoms with Gasteiger partial charge in [-0.1, -0.05) is 18.2 Å². The largest absolute Gasteiger partial charge is 0.363 e. The Hall–Kier alpha value is -2.58. The molecule has 0 spiro atoms. The fourth-order valence-electron chi connectivity index (χ4n) is 2.43. The molecule has 8 heteroatoms. The van der Waals surface area contributed by atoms with Gasteiger partial charge < -0.3 is 5.32 Å². The van der Waals surface area contributed by atoms with E-state index in [4.69, 9.17) is 5.14 Å². The summed E-state index contributed by atoms with van der Waals surface area (Å²) in [5.74, 6) is -0.0901. The predicted molar refractivity (Wildman–Crippen MR) is 89.3 cm³/mol. The van der Waals surface area contributed by atoms with Crippen LogP contribution in [0.1, 0.15) is 18.5 Å². The minimum absolute atomic E-state index is 0.0207. The molecule has 0 aliphatic carbocycles. The maximum atomic E-state index is 14.1. The Bertz CT molecular complexity index is 1000. The van der Waals surface area contributed by atoms with Crippen molar-refractivity contribution in [1.29, 1.82) is 0 Å². The number of halogens is 1. The van der Waals surface area contributed by atoms with Crippen LogP contribution in [0.25, 0.3) is 10.9 Å². The van der Waals surface area contributed by atoms with Gasteiger partial charge in [-0.05, 0) is 36.8 Å². The van der Waals surface area contributed by atoms with Gasteiger partial charge in [-0.25, -0.2) is 27.9 Å². The third-order valence-electron chi connectivity index (χ3n) is 3.65. The Morgan fingerprint density at radius 3 is 2.67 bits per heavy atom. The van der Waals surface area contributed by atoms with E-state index >= 15 is 0 Å². The summed E-state index contributed by atoms with van der Waals surface area (Å²) in [5.41, 5.74) is 1.17. The standard InChI is InChI=1S/C16H15FN4O2S/c1-10(11-4-2-5-12(8-11)24(18,22)23)21-16-15-13(17)6-3-7-14(15)19-9-20-16/h2-10H,1H3,(H2,18,22,23)(H,19,20,21)/t10-/m1/s1. The van der Waals surface area contributed by atoms with Crippen molar-refractivity contribution in [2.75, 3.05) is 5.32 Å². The molecule has 0 amide bonds. The summed E-state index contributed by atoms with van der Waals surface area (Å²) in [5, 5.41) is 8.53. The third-order valence-corrected chi connectivity index (χ3v) is 4.56. The first-order valence-corrected chi connectivity index (χ1v) is 8.69. The Kier molecular flexibility index (Phi) is 4.16. The molecule has 1 aromatic heterocycles. The van der Waals surface area contributed by atoms with Crippen LogP contribution in [0, 0.1) is 5.82 Å². The molecule has 0 fully saturated rings. The molecular formula is C16H15FN4O2S. The van der Waals surface area contributed by atoms with Gasteiger partial charge in [0.2, 0.25) is 10.0 Å². The van der Waals surface area contributed by atoms with Gasteiger partial charge in [-0.2, -0.15) is 0 Å². The van der Waals surface area contributed by atoms with Crippen molar-refractivity contribution in [3.05, 3.63) is 60.2 Å². The predicted octanol–water partition coefficient (Wildman–Crippen LogP) is 2.59. The molecule has 3 aromatic rings. The van der Waals surface area contributed by atoms with Crippen LogP contribution in [0.2, 0.25) is 0 Å². The molecule has 0 aliphatic heterocycles. The van der Waals surface area contributed by atoms with E-state index in [1.807, 2.05) is 6.92 Å². The molecular weight excluding hydrogens is 331 g/mol. The monoisotopic (exact) mass is 346 g/mol. The van der Waals surface area contributed by atoms with E-state index in [1.165, 1.54) is 24.5 Å². The van der Waals surface area contributed by atoms with Crippen LogP contribution in [0.15, 0.2) is 53.7 Å². The second-order valence-electron chi connectivity index (χ2n) is 5.34. The maximum absolute atomic E-state index is 14.1. The van der Waals surface area contributed by atoms with E-state index in [9.17, 15) is 12.8 Å². The second-order valence-corrected chi connectivity index (χ2v) is 6.90. The van der Waals surface area contributed by atoms with Gasteiger partial charge in [0.1, 0.15) is 18.0 Å². The van der Waals surface area contributed by atoms with Crippen LogP contribution in [0.5, 0.6) is 0 Å². The van der Waals surface area contributed by atoms with Crippen molar-refractivity contribution >= 4 is 26.7 Å². The fraction of sp³-hybridized carbons (Fsp3) is 0.125. The SMILES string of the molecule is C[C@@H](Nc1ncnc2cccc(F)c12)c1cccc(S(N)(=O)=O)c1.